The molecule has 9 heteroatoms. The number of anilines is 1. The van der Waals surface area contributed by atoms with Crippen LogP contribution in [0.1, 0.15) is 28.8 Å². The number of methoxy groups -OCH3 is 1. The molecule has 30 heavy (non-hydrogen) atoms. The number of amides is 1. The van der Waals surface area contributed by atoms with E-state index in [1.54, 1.807) is 55.6 Å². The van der Waals surface area contributed by atoms with Crippen molar-refractivity contribution in [2.24, 2.45) is 0 Å². The van der Waals surface area contributed by atoms with Gasteiger partial charge < -0.3 is 14.8 Å². The molecule has 1 saturated heterocycles. The van der Waals surface area contributed by atoms with Crippen molar-refractivity contribution in [3.05, 3.63) is 59.7 Å². The Balaban J connectivity index is 1.55. The number of carbonyl (C=O) groups is 2. The van der Waals surface area contributed by atoms with Crippen molar-refractivity contribution < 1.29 is 27.5 Å². The van der Waals surface area contributed by atoms with Crippen LogP contribution in [-0.2, 0) is 26.2 Å². The lowest BCUT2D eigenvalue weighted by atomic mass is 10.1. The monoisotopic (exact) mass is 432 g/mol. The molecule has 0 aromatic heterocycles. The summed E-state index contributed by atoms with van der Waals surface area (Å²) < 4.78 is 35.1. The van der Waals surface area contributed by atoms with Crippen molar-refractivity contribution >= 4 is 27.6 Å². The van der Waals surface area contributed by atoms with E-state index >= 15 is 0 Å². The molecule has 0 spiro atoms. The van der Waals surface area contributed by atoms with Gasteiger partial charge in [-0.05, 0) is 54.8 Å². The molecular weight excluding hydrogens is 408 g/mol. The van der Waals surface area contributed by atoms with Gasteiger partial charge in [-0.3, -0.25) is 9.59 Å². The van der Waals surface area contributed by atoms with E-state index in [2.05, 4.69) is 5.32 Å². The fourth-order valence-electron chi connectivity index (χ4n) is 3.25. The highest BCUT2D eigenvalue weighted by Gasteiger charge is 2.37. The van der Waals surface area contributed by atoms with E-state index in [0.717, 1.165) is 6.26 Å². The molecule has 8 nitrogen and oxygen atoms in total. The Kier molecular flexibility index (Phi) is 6.73. The van der Waals surface area contributed by atoms with Crippen molar-refractivity contribution in [1.29, 1.82) is 0 Å². The molecule has 0 saturated carbocycles. The van der Waals surface area contributed by atoms with Gasteiger partial charge >= 0.3 is 5.97 Å². The third kappa shape index (κ3) is 5.37. The van der Waals surface area contributed by atoms with Crippen molar-refractivity contribution in [2.75, 3.05) is 25.2 Å². The molecule has 1 aliphatic rings. The van der Waals surface area contributed by atoms with Gasteiger partial charge in [0.15, 0.2) is 0 Å². The Hall–Kier alpha value is -2.91. The third-order valence-corrected chi connectivity index (χ3v) is 6.14. The number of nitrogens with one attached hydrogen (secondary N) is 1. The highest BCUT2D eigenvalue weighted by atomic mass is 32.2. The van der Waals surface area contributed by atoms with Crippen LogP contribution >= 0.6 is 0 Å². The molecule has 1 N–H and O–H groups in total. The average molecular weight is 432 g/mol. The molecule has 2 aromatic carbocycles. The smallest absolute Gasteiger partial charge is 0.324 e. The first-order chi connectivity index (χ1) is 14.3. The van der Waals surface area contributed by atoms with Gasteiger partial charge in [-0.2, -0.15) is 4.31 Å². The van der Waals surface area contributed by atoms with E-state index in [1.165, 1.54) is 4.31 Å². The minimum Gasteiger partial charge on any atom is -0.497 e. The van der Waals surface area contributed by atoms with E-state index in [9.17, 15) is 18.0 Å². The summed E-state index contributed by atoms with van der Waals surface area (Å²) in [5.74, 6) is -0.123. The summed E-state index contributed by atoms with van der Waals surface area (Å²) in [6, 6.07) is 12.9. The zero-order chi connectivity index (χ0) is 21.7. The molecule has 1 amide bonds. The molecule has 1 atom stereocenters. The van der Waals surface area contributed by atoms with E-state index in [-0.39, 0.29) is 12.5 Å². The highest BCUT2D eigenvalue weighted by Crippen LogP contribution is 2.22. The number of sulfonamides is 1. The van der Waals surface area contributed by atoms with Gasteiger partial charge in [-0.25, -0.2) is 8.42 Å². The Labute approximate surface area is 175 Å². The second-order valence-electron chi connectivity index (χ2n) is 7.02. The van der Waals surface area contributed by atoms with Gasteiger partial charge in [0.1, 0.15) is 18.4 Å². The normalized spacial score (nSPS) is 16.8. The van der Waals surface area contributed by atoms with Gasteiger partial charge in [0.05, 0.1) is 13.4 Å². The van der Waals surface area contributed by atoms with Crippen molar-refractivity contribution in [3.8, 4) is 5.75 Å². The summed E-state index contributed by atoms with van der Waals surface area (Å²) in [6.07, 6.45) is 2.18. The van der Waals surface area contributed by atoms with Gasteiger partial charge in [0.25, 0.3) is 5.91 Å². The number of rotatable bonds is 7. The molecule has 3 rings (SSSR count). The fraction of sp³-hybridized carbons (Fsp3) is 0.333. The standard InChI is InChI=1S/C21H24N2O6S/c1-28-18-11-9-17(10-12-18)22-20(24)16-7-5-15(6-8-16)14-29-21(25)19-4-3-13-23(19)30(2,26)27/h5-12,19H,3-4,13-14H2,1-2H3,(H,22,24)/t19-/m1/s1. The molecule has 1 fully saturated rings. The second kappa shape index (κ2) is 9.27. The van der Waals surface area contributed by atoms with Crippen LogP contribution in [0.25, 0.3) is 0 Å². The number of ether oxygens (including phenoxy) is 2. The van der Waals surface area contributed by atoms with Crippen LogP contribution in [0.3, 0.4) is 0 Å². The molecule has 1 aliphatic heterocycles. The second-order valence-corrected chi connectivity index (χ2v) is 8.95. The minimum atomic E-state index is -3.44. The quantitative estimate of drug-likeness (QED) is 0.674. The maximum absolute atomic E-state index is 12.4. The van der Waals surface area contributed by atoms with E-state index in [0.29, 0.717) is 42.0 Å². The maximum atomic E-state index is 12.4. The lowest BCUT2D eigenvalue weighted by molar-refractivity contribution is -0.148. The number of hydrogen-bond acceptors (Lipinski definition) is 6. The Morgan fingerprint density at radius 3 is 2.37 bits per heavy atom. The van der Waals surface area contributed by atoms with Crippen LogP contribution in [0, 0.1) is 0 Å². The van der Waals surface area contributed by atoms with Crippen molar-refractivity contribution in [3.63, 3.8) is 0 Å². The van der Waals surface area contributed by atoms with Gasteiger partial charge in [-0.15, -0.1) is 0 Å². The zero-order valence-corrected chi connectivity index (χ0v) is 17.6. The first-order valence-corrected chi connectivity index (χ1v) is 11.3. The number of nitrogens with zero attached hydrogens (tertiary/aromatic N) is 1. The van der Waals surface area contributed by atoms with E-state index in [4.69, 9.17) is 9.47 Å². The molecule has 0 unspecified atom stereocenters. The maximum Gasteiger partial charge on any atom is 0.324 e. The lowest BCUT2D eigenvalue weighted by Gasteiger charge is -2.20. The molecule has 0 radical (unpaired) electrons. The summed E-state index contributed by atoms with van der Waals surface area (Å²) in [6.45, 7) is 0.337. The minimum absolute atomic E-state index is 0.00726. The number of carbonyl (C=O) groups excluding carboxylic acids is 2. The lowest BCUT2D eigenvalue weighted by Crippen LogP contribution is -2.40. The van der Waals surface area contributed by atoms with E-state index < -0.39 is 22.0 Å². The van der Waals surface area contributed by atoms with E-state index in [1.807, 2.05) is 0 Å². The Bertz CT molecular complexity index is 1000. The molecule has 0 bridgehead atoms. The van der Waals surface area contributed by atoms with Crippen LogP contribution in [0.15, 0.2) is 48.5 Å². The summed E-state index contributed by atoms with van der Waals surface area (Å²) in [4.78, 5) is 24.7. The predicted molar refractivity (Wildman–Crippen MR) is 112 cm³/mol. The fourth-order valence-corrected chi connectivity index (χ4v) is 4.37. The molecule has 1 heterocycles. The van der Waals surface area contributed by atoms with Crippen LogP contribution in [0.5, 0.6) is 5.75 Å². The van der Waals surface area contributed by atoms with Crippen LogP contribution in [0.2, 0.25) is 0 Å². The number of esters is 1. The largest absolute Gasteiger partial charge is 0.497 e. The Morgan fingerprint density at radius 1 is 1.10 bits per heavy atom. The van der Waals surface area contributed by atoms with Crippen molar-refractivity contribution in [1.82, 2.24) is 4.31 Å². The molecule has 0 aliphatic carbocycles. The summed E-state index contributed by atoms with van der Waals surface area (Å²) in [5, 5.41) is 2.79. The summed E-state index contributed by atoms with van der Waals surface area (Å²) >= 11 is 0. The van der Waals surface area contributed by atoms with Crippen LogP contribution in [0.4, 0.5) is 5.69 Å². The third-order valence-electron chi connectivity index (χ3n) is 4.85. The SMILES string of the molecule is COc1ccc(NC(=O)c2ccc(COC(=O)[C@H]3CCCN3S(C)(=O)=O)cc2)cc1. The predicted octanol–water partition coefficient (Wildman–Crippen LogP) is 2.41. The molecule has 2 aromatic rings. The Morgan fingerprint density at radius 2 is 1.77 bits per heavy atom. The average Bonchev–Trinajstić information content (AvgIpc) is 3.24. The van der Waals surface area contributed by atoms with Crippen LogP contribution < -0.4 is 10.1 Å². The summed E-state index contributed by atoms with van der Waals surface area (Å²) in [5.41, 5.74) is 1.80. The zero-order valence-electron chi connectivity index (χ0n) is 16.8. The van der Waals surface area contributed by atoms with Gasteiger partial charge in [-0.1, -0.05) is 12.1 Å². The van der Waals surface area contributed by atoms with Gasteiger partial charge in [0, 0.05) is 17.8 Å². The number of benzene rings is 2. The first-order valence-electron chi connectivity index (χ1n) is 9.46. The van der Waals surface area contributed by atoms with Crippen molar-refractivity contribution in [2.45, 2.75) is 25.5 Å². The topological polar surface area (TPSA) is 102 Å². The number of hydrogen-bond donors (Lipinski definition) is 1. The first kappa shape index (κ1) is 21.8. The molecule has 160 valence electrons. The van der Waals surface area contributed by atoms with Crippen LogP contribution in [-0.4, -0.2) is 50.6 Å². The molecular formula is C21H24N2O6S. The highest BCUT2D eigenvalue weighted by molar-refractivity contribution is 7.88. The van der Waals surface area contributed by atoms with Gasteiger partial charge in [0.2, 0.25) is 10.0 Å². The summed E-state index contributed by atoms with van der Waals surface area (Å²) in [7, 11) is -1.87.